The maximum atomic E-state index is 11.7. The molecule has 0 bridgehead atoms. The second-order valence-corrected chi connectivity index (χ2v) is 5.58. The fourth-order valence-corrected chi connectivity index (χ4v) is 2.45. The Hall–Kier alpha value is -2.54. The number of carbonyl (C=O) groups is 2. The van der Waals surface area contributed by atoms with Crippen molar-refractivity contribution >= 4 is 23.2 Å². The third-order valence-corrected chi connectivity index (χ3v) is 3.76. The fourth-order valence-electron chi connectivity index (χ4n) is 1.81. The highest BCUT2D eigenvalue weighted by Crippen LogP contribution is 2.17. The van der Waals surface area contributed by atoms with Crippen molar-refractivity contribution in [3.63, 3.8) is 0 Å². The first-order chi connectivity index (χ1) is 11.7. The van der Waals surface area contributed by atoms with E-state index in [1.165, 1.54) is 11.3 Å². The number of carbonyl (C=O) groups excluding carboxylic acids is 2. The summed E-state index contributed by atoms with van der Waals surface area (Å²) in [5.74, 6) is 0.654. The minimum Gasteiger partial charge on any atom is -0.494 e. The number of esters is 1. The van der Waals surface area contributed by atoms with E-state index >= 15 is 0 Å². The highest BCUT2D eigenvalue weighted by Gasteiger charge is 2.09. The minimum absolute atomic E-state index is 0.112. The van der Waals surface area contributed by atoms with E-state index in [4.69, 9.17) is 14.2 Å². The molecule has 0 fully saturated rings. The number of benzene rings is 1. The molecule has 0 radical (unpaired) electrons. The van der Waals surface area contributed by atoms with Crippen molar-refractivity contribution in [2.24, 2.45) is 0 Å². The molecule has 0 saturated carbocycles. The quantitative estimate of drug-likeness (QED) is 0.556. The number of hydrogen-bond donors (Lipinski definition) is 1. The summed E-state index contributed by atoms with van der Waals surface area (Å²) in [5.41, 5.74) is 0. The molecule has 0 unspecified atom stereocenters. The number of thiophene rings is 1. The summed E-state index contributed by atoms with van der Waals surface area (Å²) < 4.78 is 15.8. The lowest BCUT2D eigenvalue weighted by molar-refractivity contribution is -0.143. The maximum Gasteiger partial charge on any atom is 0.325 e. The summed E-state index contributed by atoms with van der Waals surface area (Å²) in [6.07, 6.45) is 0. The third-order valence-electron chi connectivity index (χ3n) is 2.89. The van der Waals surface area contributed by atoms with E-state index in [1.54, 1.807) is 29.6 Å². The highest BCUT2D eigenvalue weighted by atomic mass is 32.1. The van der Waals surface area contributed by atoms with Gasteiger partial charge in [0.2, 0.25) is 0 Å². The van der Waals surface area contributed by atoms with Gasteiger partial charge >= 0.3 is 5.97 Å². The van der Waals surface area contributed by atoms with Gasteiger partial charge in [0.25, 0.3) is 5.91 Å². The van der Waals surface area contributed by atoms with Crippen LogP contribution >= 0.6 is 11.3 Å². The van der Waals surface area contributed by atoms with E-state index in [2.05, 4.69) is 5.32 Å². The van der Waals surface area contributed by atoms with Crippen LogP contribution in [0, 0.1) is 0 Å². The molecule has 1 N–H and O–H groups in total. The van der Waals surface area contributed by atoms with Gasteiger partial charge in [-0.1, -0.05) is 6.07 Å². The van der Waals surface area contributed by atoms with Gasteiger partial charge in [-0.2, -0.15) is 0 Å². The van der Waals surface area contributed by atoms with Gasteiger partial charge < -0.3 is 19.5 Å². The number of ether oxygens (including phenoxy) is 3. The van der Waals surface area contributed by atoms with Gasteiger partial charge in [-0.25, -0.2) is 0 Å². The SMILES string of the molecule is CCOc1ccc(OCCOC(=O)CNC(=O)c2cccs2)cc1. The predicted octanol–water partition coefficient (Wildman–Crippen LogP) is 2.50. The van der Waals surface area contributed by atoms with Crippen molar-refractivity contribution in [2.45, 2.75) is 6.92 Å². The normalized spacial score (nSPS) is 10.0. The maximum absolute atomic E-state index is 11.7. The number of amides is 1. The number of hydrogen-bond acceptors (Lipinski definition) is 6. The first-order valence-corrected chi connectivity index (χ1v) is 8.40. The van der Waals surface area contributed by atoms with Gasteiger partial charge in [0.1, 0.15) is 31.3 Å². The van der Waals surface area contributed by atoms with Crippen molar-refractivity contribution in [1.29, 1.82) is 0 Å². The fraction of sp³-hybridized carbons (Fsp3) is 0.294. The number of nitrogens with one attached hydrogen (secondary N) is 1. The van der Waals surface area contributed by atoms with Crippen LogP contribution in [0.5, 0.6) is 11.5 Å². The second-order valence-electron chi connectivity index (χ2n) is 4.63. The van der Waals surface area contributed by atoms with E-state index in [0.717, 1.165) is 5.75 Å². The van der Waals surface area contributed by atoms with Crippen molar-refractivity contribution in [2.75, 3.05) is 26.4 Å². The molecule has 1 aromatic carbocycles. The zero-order valence-corrected chi connectivity index (χ0v) is 14.1. The van der Waals surface area contributed by atoms with Crippen molar-refractivity contribution in [1.82, 2.24) is 5.32 Å². The molecule has 1 heterocycles. The van der Waals surface area contributed by atoms with Gasteiger partial charge in [-0.15, -0.1) is 11.3 Å². The lowest BCUT2D eigenvalue weighted by Gasteiger charge is -2.09. The van der Waals surface area contributed by atoms with Gasteiger partial charge in [-0.05, 0) is 42.6 Å². The zero-order chi connectivity index (χ0) is 17.2. The molecule has 0 saturated heterocycles. The third kappa shape index (κ3) is 5.92. The van der Waals surface area contributed by atoms with Crippen LogP contribution in [-0.2, 0) is 9.53 Å². The summed E-state index contributed by atoms with van der Waals surface area (Å²) >= 11 is 1.31. The zero-order valence-electron chi connectivity index (χ0n) is 13.3. The Morgan fingerprint density at radius 2 is 1.75 bits per heavy atom. The van der Waals surface area contributed by atoms with E-state index in [-0.39, 0.29) is 25.7 Å². The van der Waals surface area contributed by atoms with Crippen LogP contribution in [0.2, 0.25) is 0 Å². The summed E-state index contributed by atoms with van der Waals surface area (Å²) in [4.78, 5) is 23.8. The van der Waals surface area contributed by atoms with Gasteiger partial charge in [0.05, 0.1) is 11.5 Å². The van der Waals surface area contributed by atoms with Crippen molar-refractivity contribution < 1.29 is 23.8 Å². The Bertz CT molecular complexity index is 640. The lowest BCUT2D eigenvalue weighted by atomic mass is 10.3. The van der Waals surface area contributed by atoms with Crippen LogP contribution in [0.25, 0.3) is 0 Å². The largest absolute Gasteiger partial charge is 0.494 e. The molecule has 0 atom stereocenters. The molecule has 1 aromatic heterocycles. The van der Waals surface area contributed by atoms with E-state index in [9.17, 15) is 9.59 Å². The molecule has 2 aromatic rings. The van der Waals surface area contributed by atoms with E-state index < -0.39 is 5.97 Å². The molecule has 0 aliphatic heterocycles. The molecule has 128 valence electrons. The van der Waals surface area contributed by atoms with Gasteiger partial charge in [0.15, 0.2) is 0 Å². The van der Waals surface area contributed by atoms with Crippen LogP contribution in [0.4, 0.5) is 0 Å². The monoisotopic (exact) mass is 349 g/mol. The molecule has 7 heteroatoms. The molecule has 6 nitrogen and oxygen atoms in total. The van der Waals surface area contributed by atoms with Crippen LogP contribution in [0.1, 0.15) is 16.6 Å². The molecular formula is C17H19NO5S. The molecular weight excluding hydrogens is 330 g/mol. The Labute approximate surface area is 144 Å². The number of rotatable bonds is 9. The first-order valence-electron chi connectivity index (χ1n) is 7.52. The van der Waals surface area contributed by atoms with E-state index in [1.807, 2.05) is 19.1 Å². The Kier molecular flexibility index (Phi) is 7.10. The predicted molar refractivity (Wildman–Crippen MR) is 90.7 cm³/mol. The Balaban J connectivity index is 1.59. The van der Waals surface area contributed by atoms with Gasteiger partial charge in [0, 0.05) is 0 Å². The van der Waals surface area contributed by atoms with Crippen molar-refractivity contribution in [3.05, 3.63) is 46.7 Å². The molecule has 1 amide bonds. The molecule has 0 spiro atoms. The highest BCUT2D eigenvalue weighted by molar-refractivity contribution is 7.12. The minimum atomic E-state index is -0.504. The molecule has 2 rings (SSSR count). The smallest absolute Gasteiger partial charge is 0.325 e. The van der Waals surface area contributed by atoms with Crippen LogP contribution in [-0.4, -0.2) is 38.2 Å². The van der Waals surface area contributed by atoms with Gasteiger partial charge in [-0.3, -0.25) is 9.59 Å². The summed E-state index contributed by atoms with van der Waals surface area (Å²) in [5, 5.41) is 4.30. The summed E-state index contributed by atoms with van der Waals surface area (Å²) in [6, 6.07) is 10.7. The topological polar surface area (TPSA) is 73.9 Å². The summed E-state index contributed by atoms with van der Waals surface area (Å²) in [7, 11) is 0. The van der Waals surface area contributed by atoms with Crippen LogP contribution < -0.4 is 14.8 Å². The lowest BCUT2D eigenvalue weighted by Crippen LogP contribution is -2.30. The Morgan fingerprint density at radius 3 is 2.38 bits per heavy atom. The molecule has 0 aliphatic carbocycles. The van der Waals surface area contributed by atoms with Crippen LogP contribution in [0.3, 0.4) is 0 Å². The first kappa shape index (κ1) is 17.8. The summed E-state index contributed by atoms with van der Waals surface area (Å²) in [6.45, 7) is 2.71. The Morgan fingerprint density at radius 1 is 1.04 bits per heavy atom. The standard InChI is InChI=1S/C17H19NO5S/c1-2-21-13-5-7-14(8-6-13)22-9-10-23-16(19)12-18-17(20)15-4-3-11-24-15/h3-8,11H,2,9-10,12H2,1H3,(H,18,20). The molecule has 0 aliphatic rings. The van der Waals surface area contributed by atoms with E-state index in [0.29, 0.717) is 17.2 Å². The second kappa shape index (κ2) is 9.57. The van der Waals surface area contributed by atoms with Crippen LogP contribution in [0.15, 0.2) is 41.8 Å². The molecule has 24 heavy (non-hydrogen) atoms. The average molecular weight is 349 g/mol. The van der Waals surface area contributed by atoms with Crippen molar-refractivity contribution in [3.8, 4) is 11.5 Å². The average Bonchev–Trinajstić information content (AvgIpc) is 3.13.